The maximum absolute atomic E-state index is 13.1. The second-order valence-corrected chi connectivity index (χ2v) is 32.7. The van der Waals surface area contributed by atoms with E-state index in [-0.39, 0.29) is 25.7 Å². The average Bonchev–Trinajstić information content (AvgIpc) is 1.15. The molecule has 0 rings (SSSR count). The summed E-state index contributed by atoms with van der Waals surface area (Å²) in [6, 6.07) is 0. The van der Waals surface area contributed by atoms with E-state index in [1.807, 2.05) is 0 Å². The van der Waals surface area contributed by atoms with Crippen LogP contribution in [0.25, 0.3) is 0 Å². The smallest absolute Gasteiger partial charge is 0.462 e. The Morgan fingerprint density at radius 1 is 0.273 bits per heavy atom. The van der Waals surface area contributed by atoms with Crippen molar-refractivity contribution in [2.24, 2.45) is 11.8 Å². The number of aliphatic hydroxyl groups is 1. The van der Waals surface area contributed by atoms with Crippen molar-refractivity contribution in [1.29, 1.82) is 0 Å². The Hall–Kier alpha value is -1.94. The quantitative estimate of drug-likeness (QED) is 0.0222. The second-order valence-electron chi connectivity index (χ2n) is 29.8. The SMILES string of the molecule is CCCCCCCCCCCCCCCCCC(=O)O[C@H](COC(=O)CCCCCCC)COP(=O)(O)OC[C@H](O)COP(=O)(O)OC[C@@H](COC(=O)CCCCCCCCCCCCCCCCCC(C)C)OC(=O)CCCCCCCCCCCCCCCCCCCCC(C)C. The normalized spacial score (nSPS) is 13.9. The molecule has 19 heteroatoms. The summed E-state index contributed by atoms with van der Waals surface area (Å²) in [4.78, 5) is 72.7. The van der Waals surface area contributed by atoms with Gasteiger partial charge in [0.15, 0.2) is 12.2 Å². The Bertz CT molecular complexity index is 1910. The predicted molar refractivity (Wildman–Crippen MR) is 405 cm³/mol. The Morgan fingerprint density at radius 2 is 0.465 bits per heavy atom. The molecule has 0 saturated heterocycles. The average molecular weight is 1450 g/mol. The number of aliphatic hydroxyl groups excluding tert-OH is 1. The number of carbonyl (C=O) groups is 4. The molecule has 2 unspecified atom stereocenters. The van der Waals surface area contributed by atoms with Gasteiger partial charge in [-0.15, -0.1) is 0 Å². The number of rotatable bonds is 79. The molecule has 0 fully saturated rings. The first-order chi connectivity index (χ1) is 47.9. The molecule has 0 aromatic heterocycles. The van der Waals surface area contributed by atoms with Crippen LogP contribution in [0.5, 0.6) is 0 Å². The van der Waals surface area contributed by atoms with Gasteiger partial charge < -0.3 is 33.8 Å². The van der Waals surface area contributed by atoms with Gasteiger partial charge in [-0.3, -0.25) is 37.3 Å². The Labute approximate surface area is 607 Å². The van der Waals surface area contributed by atoms with Gasteiger partial charge in [0.25, 0.3) is 0 Å². The molecule has 3 N–H and O–H groups in total. The molecular weight excluding hydrogens is 1290 g/mol. The van der Waals surface area contributed by atoms with E-state index in [1.54, 1.807) is 0 Å². The molecule has 99 heavy (non-hydrogen) atoms. The van der Waals surface area contributed by atoms with Crippen molar-refractivity contribution in [3.05, 3.63) is 0 Å². The van der Waals surface area contributed by atoms with Crippen molar-refractivity contribution < 1.29 is 80.2 Å². The number of hydrogen-bond acceptors (Lipinski definition) is 15. The van der Waals surface area contributed by atoms with Crippen LogP contribution in [0, 0.1) is 11.8 Å². The summed E-state index contributed by atoms with van der Waals surface area (Å²) in [7, 11) is -9.91. The Balaban J connectivity index is 5.12. The van der Waals surface area contributed by atoms with E-state index in [4.69, 9.17) is 37.0 Å². The fourth-order valence-corrected chi connectivity index (χ4v) is 13.9. The van der Waals surface area contributed by atoms with Crippen LogP contribution in [0.15, 0.2) is 0 Å². The van der Waals surface area contributed by atoms with E-state index in [0.717, 1.165) is 108 Å². The van der Waals surface area contributed by atoms with Gasteiger partial charge in [-0.1, -0.05) is 369 Å². The maximum Gasteiger partial charge on any atom is 0.472 e. The minimum Gasteiger partial charge on any atom is -0.462 e. The molecule has 0 saturated carbocycles. The summed E-state index contributed by atoms with van der Waals surface area (Å²) in [6.07, 6.45) is 61.5. The highest BCUT2D eigenvalue weighted by Crippen LogP contribution is 2.45. The van der Waals surface area contributed by atoms with E-state index in [0.29, 0.717) is 25.7 Å². The molecule has 0 aromatic rings. The molecule has 0 bridgehead atoms. The number of ether oxygens (including phenoxy) is 4. The van der Waals surface area contributed by atoms with Gasteiger partial charge in [-0.2, -0.15) is 0 Å². The van der Waals surface area contributed by atoms with Crippen molar-refractivity contribution in [2.75, 3.05) is 39.6 Å². The zero-order valence-corrected chi connectivity index (χ0v) is 66.6. The molecule has 0 aromatic carbocycles. The van der Waals surface area contributed by atoms with Gasteiger partial charge in [0.1, 0.15) is 19.3 Å². The third-order valence-electron chi connectivity index (χ3n) is 18.7. The van der Waals surface area contributed by atoms with Crippen LogP contribution in [-0.2, 0) is 65.4 Å². The lowest BCUT2D eigenvalue weighted by molar-refractivity contribution is -0.161. The summed E-state index contributed by atoms with van der Waals surface area (Å²) in [5, 5.41) is 10.6. The highest BCUT2D eigenvalue weighted by molar-refractivity contribution is 7.47. The van der Waals surface area contributed by atoms with Crippen molar-refractivity contribution in [3.63, 3.8) is 0 Å². The van der Waals surface area contributed by atoms with E-state index in [1.165, 1.54) is 231 Å². The first kappa shape index (κ1) is 97.1. The second kappa shape index (κ2) is 71.7. The number of hydrogen-bond donors (Lipinski definition) is 3. The molecular formula is C80H156O17P2. The van der Waals surface area contributed by atoms with Crippen LogP contribution in [0.1, 0.15) is 420 Å². The molecule has 0 amide bonds. The number of unbranched alkanes of at least 4 members (excludes halogenated alkanes) is 49. The third-order valence-corrected chi connectivity index (χ3v) is 20.6. The molecule has 0 aliphatic carbocycles. The van der Waals surface area contributed by atoms with Gasteiger partial charge in [0.05, 0.1) is 26.4 Å². The van der Waals surface area contributed by atoms with Crippen LogP contribution >= 0.6 is 15.6 Å². The Morgan fingerprint density at radius 3 is 0.687 bits per heavy atom. The number of phosphoric acid groups is 2. The highest BCUT2D eigenvalue weighted by Gasteiger charge is 2.30. The van der Waals surface area contributed by atoms with Crippen LogP contribution in [0.3, 0.4) is 0 Å². The lowest BCUT2D eigenvalue weighted by Gasteiger charge is -2.21. The number of phosphoric ester groups is 2. The molecule has 0 aliphatic heterocycles. The first-order valence-corrected chi connectivity index (χ1v) is 44.5. The van der Waals surface area contributed by atoms with E-state index >= 15 is 0 Å². The molecule has 17 nitrogen and oxygen atoms in total. The molecule has 0 aliphatic rings. The minimum absolute atomic E-state index is 0.107. The van der Waals surface area contributed by atoms with Gasteiger partial charge >= 0.3 is 39.5 Å². The van der Waals surface area contributed by atoms with Gasteiger partial charge in [0.2, 0.25) is 0 Å². The van der Waals surface area contributed by atoms with Crippen LogP contribution in [-0.4, -0.2) is 96.7 Å². The third kappa shape index (κ3) is 74.1. The van der Waals surface area contributed by atoms with Crippen molar-refractivity contribution in [1.82, 2.24) is 0 Å². The number of carbonyl (C=O) groups excluding carboxylic acids is 4. The van der Waals surface area contributed by atoms with Crippen molar-refractivity contribution in [3.8, 4) is 0 Å². The molecule has 0 radical (unpaired) electrons. The van der Waals surface area contributed by atoms with Crippen LogP contribution in [0.4, 0.5) is 0 Å². The monoisotopic (exact) mass is 1450 g/mol. The van der Waals surface area contributed by atoms with E-state index in [9.17, 15) is 43.2 Å². The summed E-state index contributed by atoms with van der Waals surface area (Å²) in [5.74, 6) is -0.494. The summed E-state index contributed by atoms with van der Waals surface area (Å²) in [5.41, 5.74) is 0. The Kier molecular flexibility index (Phi) is 70.3. The fraction of sp³-hybridized carbons (Fsp3) is 0.950. The number of esters is 4. The predicted octanol–water partition coefficient (Wildman–Crippen LogP) is 23.9. The zero-order chi connectivity index (χ0) is 72.8. The first-order valence-electron chi connectivity index (χ1n) is 41.5. The van der Waals surface area contributed by atoms with Gasteiger partial charge in [0, 0.05) is 25.7 Å². The largest absolute Gasteiger partial charge is 0.472 e. The standard InChI is InChI=1S/C80H156O17P2/c1-7-9-11-13-14-15-16-17-23-31-36-41-46-52-58-64-79(84)96-75(68-90-77(82)62-56-48-12-10-8-2)70-94-98(86,87)92-66-74(81)67-93-99(88,89)95-71-76(69-91-78(83)63-57-51-45-40-35-30-27-22-25-29-34-39-44-50-55-61-73(5)6)97-80(85)65-59-53-47-42-37-32-26-21-19-18-20-24-28-33-38-43-49-54-60-72(3)4/h72-76,81H,7-71H2,1-6H3,(H,86,87)(H,88,89)/t74-,75+,76+/m0/s1. The van der Waals surface area contributed by atoms with Crippen molar-refractivity contribution >= 4 is 39.5 Å². The lowest BCUT2D eigenvalue weighted by atomic mass is 10.0. The minimum atomic E-state index is -4.96. The van der Waals surface area contributed by atoms with E-state index in [2.05, 4.69) is 41.5 Å². The van der Waals surface area contributed by atoms with Gasteiger partial charge in [-0.25, -0.2) is 9.13 Å². The maximum atomic E-state index is 13.1. The molecule has 588 valence electrons. The highest BCUT2D eigenvalue weighted by atomic mass is 31.2. The van der Waals surface area contributed by atoms with Crippen molar-refractivity contribution in [2.45, 2.75) is 439 Å². The van der Waals surface area contributed by atoms with Gasteiger partial charge in [-0.05, 0) is 37.5 Å². The fourth-order valence-electron chi connectivity index (χ4n) is 12.4. The summed E-state index contributed by atoms with van der Waals surface area (Å²) in [6.45, 7) is 9.61. The zero-order valence-electron chi connectivity index (χ0n) is 64.8. The molecule has 0 spiro atoms. The summed E-state index contributed by atoms with van der Waals surface area (Å²) < 4.78 is 68.4. The van der Waals surface area contributed by atoms with Crippen LogP contribution < -0.4 is 0 Å². The molecule has 0 heterocycles. The topological polar surface area (TPSA) is 237 Å². The lowest BCUT2D eigenvalue weighted by Crippen LogP contribution is -2.30. The van der Waals surface area contributed by atoms with E-state index < -0.39 is 97.5 Å². The summed E-state index contributed by atoms with van der Waals surface area (Å²) >= 11 is 0. The molecule has 5 atom stereocenters. The van der Waals surface area contributed by atoms with Crippen LogP contribution in [0.2, 0.25) is 0 Å².